The highest BCUT2D eigenvalue weighted by Crippen LogP contribution is 2.48. The minimum atomic E-state index is -0.364. The second-order valence-electron chi connectivity index (χ2n) is 7.49. The highest BCUT2D eigenvalue weighted by Gasteiger charge is 2.45. The van der Waals surface area contributed by atoms with E-state index in [9.17, 15) is 9.59 Å². The van der Waals surface area contributed by atoms with Gasteiger partial charge in [-0.2, -0.15) is 0 Å². The predicted molar refractivity (Wildman–Crippen MR) is 81.5 cm³/mol. The van der Waals surface area contributed by atoms with Crippen LogP contribution in [-0.2, 0) is 9.59 Å². The van der Waals surface area contributed by atoms with Crippen LogP contribution in [0.5, 0.6) is 0 Å². The van der Waals surface area contributed by atoms with Gasteiger partial charge in [0.05, 0.1) is 0 Å². The van der Waals surface area contributed by atoms with E-state index < -0.39 is 0 Å². The van der Waals surface area contributed by atoms with Gasteiger partial charge in [0.25, 0.3) is 0 Å². The molecular formula is C17H28N2O2. The summed E-state index contributed by atoms with van der Waals surface area (Å²) < 4.78 is 0. The van der Waals surface area contributed by atoms with Crippen LogP contribution in [0.4, 0.5) is 0 Å². The summed E-state index contributed by atoms with van der Waals surface area (Å²) in [7, 11) is 0. The Hall–Kier alpha value is -1.06. The normalized spacial score (nSPS) is 40.5. The average molecular weight is 292 g/mol. The maximum Gasteiger partial charge on any atom is 0.245 e. The van der Waals surface area contributed by atoms with Gasteiger partial charge in [0.2, 0.25) is 11.8 Å². The molecule has 6 atom stereocenters. The SMILES string of the molecule is CCC(C)C1C(=O)NC(C)C(=O)N1CC1CC2CCC1C2. The quantitative estimate of drug-likeness (QED) is 0.863. The summed E-state index contributed by atoms with van der Waals surface area (Å²) in [6.07, 6.45) is 6.24. The molecule has 0 aromatic rings. The Kier molecular flexibility index (Phi) is 3.98. The number of nitrogens with zero attached hydrogens (tertiary/aromatic N) is 1. The van der Waals surface area contributed by atoms with Crippen molar-refractivity contribution in [3.05, 3.63) is 0 Å². The summed E-state index contributed by atoms with van der Waals surface area (Å²) in [5.74, 6) is 2.67. The van der Waals surface area contributed by atoms with Gasteiger partial charge in [-0.25, -0.2) is 0 Å². The van der Waals surface area contributed by atoms with E-state index in [4.69, 9.17) is 0 Å². The molecule has 1 saturated heterocycles. The molecular weight excluding hydrogens is 264 g/mol. The van der Waals surface area contributed by atoms with Crippen molar-refractivity contribution in [1.82, 2.24) is 10.2 Å². The summed E-state index contributed by atoms with van der Waals surface area (Å²) >= 11 is 0. The number of nitrogens with one attached hydrogen (secondary N) is 1. The maximum absolute atomic E-state index is 12.6. The minimum absolute atomic E-state index is 0.0413. The Labute approximate surface area is 127 Å². The fourth-order valence-corrected chi connectivity index (χ4v) is 4.73. The molecule has 2 aliphatic carbocycles. The Morgan fingerprint density at radius 1 is 1.29 bits per heavy atom. The number of amides is 2. The number of piperazine rings is 1. The zero-order chi connectivity index (χ0) is 15.1. The van der Waals surface area contributed by atoms with E-state index >= 15 is 0 Å². The van der Waals surface area contributed by atoms with E-state index in [1.54, 1.807) is 6.92 Å². The standard InChI is InChI=1S/C17H28N2O2/c1-4-10(2)15-16(20)18-11(3)17(21)19(15)9-14-8-12-5-6-13(14)7-12/h10-15H,4-9H2,1-3H3,(H,18,20). The number of carbonyl (C=O) groups excluding carboxylic acids is 2. The third-order valence-corrected chi connectivity index (χ3v) is 6.12. The van der Waals surface area contributed by atoms with Crippen molar-refractivity contribution in [3.8, 4) is 0 Å². The summed E-state index contributed by atoms with van der Waals surface area (Å²) in [4.78, 5) is 26.9. The molecule has 4 nitrogen and oxygen atoms in total. The van der Waals surface area contributed by atoms with E-state index in [-0.39, 0.29) is 29.8 Å². The Balaban J connectivity index is 1.77. The lowest BCUT2D eigenvalue weighted by Crippen LogP contribution is -2.65. The predicted octanol–water partition coefficient (Wildman–Crippen LogP) is 2.18. The van der Waals surface area contributed by atoms with Crippen LogP contribution in [0.15, 0.2) is 0 Å². The molecule has 1 N–H and O–H groups in total. The Morgan fingerprint density at radius 2 is 2.05 bits per heavy atom. The van der Waals surface area contributed by atoms with Crippen LogP contribution in [0.2, 0.25) is 0 Å². The first-order chi connectivity index (χ1) is 10.0. The molecule has 0 spiro atoms. The molecule has 118 valence electrons. The largest absolute Gasteiger partial charge is 0.343 e. The van der Waals surface area contributed by atoms with Crippen LogP contribution in [-0.4, -0.2) is 35.3 Å². The molecule has 2 bridgehead atoms. The van der Waals surface area contributed by atoms with E-state index in [0.717, 1.165) is 24.8 Å². The second kappa shape index (κ2) is 5.62. The van der Waals surface area contributed by atoms with Gasteiger partial charge in [-0.1, -0.05) is 26.7 Å². The van der Waals surface area contributed by atoms with Gasteiger partial charge in [0, 0.05) is 6.54 Å². The topological polar surface area (TPSA) is 49.4 Å². The zero-order valence-electron chi connectivity index (χ0n) is 13.5. The molecule has 3 fully saturated rings. The summed E-state index contributed by atoms with van der Waals surface area (Å²) in [5, 5.41) is 2.85. The molecule has 1 aliphatic heterocycles. The highest BCUT2D eigenvalue weighted by molar-refractivity contribution is 5.96. The number of fused-ring (bicyclic) bond motifs is 2. The second-order valence-corrected chi connectivity index (χ2v) is 7.49. The molecule has 2 amide bonds. The Morgan fingerprint density at radius 3 is 2.62 bits per heavy atom. The average Bonchev–Trinajstić information content (AvgIpc) is 3.06. The van der Waals surface area contributed by atoms with Gasteiger partial charge in [-0.3, -0.25) is 9.59 Å². The van der Waals surface area contributed by atoms with Crippen molar-refractivity contribution in [2.75, 3.05) is 6.54 Å². The zero-order valence-corrected chi connectivity index (χ0v) is 13.5. The van der Waals surface area contributed by atoms with E-state index in [1.807, 2.05) is 4.90 Å². The summed E-state index contributed by atoms with van der Waals surface area (Å²) in [6, 6.07) is -0.630. The monoisotopic (exact) mass is 292 g/mol. The van der Waals surface area contributed by atoms with Crippen LogP contribution in [0.1, 0.15) is 52.9 Å². The number of rotatable bonds is 4. The molecule has 21 heavy (non-hydrogen) atoms. The number of hydrogen-bond donors (Lipinski definition) is 1. The lowest BCUT2D eigenvalue weighted by atomic mass is 9.86. The molecule has 0 aromatic carbocycles. The first-order valence-electron chi connectivity index (χ1n) is 8.62. The Bertz CT molecular complexity index is 437. The van der Waals surface area contributed by atoms with E-state index in [2.05, 4.69) is 19.2 Å². The van der Waals surface area contributed by atoms with Crippen LogP contribution in [0.25, 0.3) is 0 Å². The third-order valence-electron chi connectivity index (χ3n) is 6.12. The molecule has 0 radical (unpaired) electrons. The highest BCUT2D eigenvalue weighted by atomic mass is 16.2. The fourth-order valence-electron chi connectivity index (χ4n) is 4.73. The van der Waals surface area contributed by atoms with Gasteiger partial charge in [-0.15, -0.1) is 0 Å². The van der Waals surface area contributed by atoms with Gasteiger partial charge >= 0.3 is 0 Å². The van der Waals surface area contributed by atoms with Crippen molar-refractivity contribution in [3.63, 3.8) is 0 Å². The fraction of sp³-hybridized carbons (Fsp3) is 0.882. The third kappa shape index (κ3) is 2.58. The van der Waals surface area contributed by atoms with Crippen molar-refractivity contribution < 1.29 is 9.59 Å². The number of carbonyl (C=O) groups is 2. The summed E-state index contributed by atoms with van der Waals surface area (Å²) in [5.41, 5.74) is 0. The van der Waals surface area contributed by atoms with Crippen LogP contribution >= 0.6 is 0 Å². The lowest BCUT2D eigenvalue weighted by Gasteiger charge is -2.42. The van der Waals surface area contributed by atoms with Crippen molar-refractivity contribution in [1.29, 1.82) is 0 Å². The molecule has 2 saturated carbocycles. The summed E-state index contributed by atoms with van der Waals surface area (Å²) in [6.45, 7) is 6.78. The molecule has 0 aromatic heterocycles. The van der Waals surface area contributed by atoms with Crippen molar-refractivity contribution in [2.45, 2.75) is 65.0 Å². The van der Waals surface area contributed by atoms with Gasteiger partial charge in [-0.05, 0) is 49.9 Å². The first kappa shape index (κ1) is 14.9. The maximum atomic E-state index is 12.6. The molecule has 6 unspecified atom stereocenters. The van der Waals surface area contributed by atoms with Crippen LogP contribution in [0.3, 0.4) is 0 Å². The molecule has 3 rings (SSSR count). The van der Waals surface area contributed by atoms with Crippen molar-refractivity contribution in [2.24, 2.45) is 23.7 Å². The molecule has 3 aliphatic rings. The minimum Gasteiger partial charge on any atom is -0.343 e. The molecule has 1 heterocycles. The smallest absolute Gasteiger partial charge is 0.245 e. The van der Waals surface area contributed by atoms with Gasteiger partial charge < -0.3 is 10.2 Å². The van der Waals surface area contributed by atoms with Crippen molar-refractivity contribution >= 4 is 11.8 Å². The van der Waals surface area contributed by atoms with E-state index in [1.165, 1.54) is 25.7 Å². The van der Waals surface area contributed by atoms with Gasteiger partial charge in [0.1, 0.15) is 12.1 Å². The van der Waals surface area contributed by atoms with Gasteiger partial charge in [0.15, 0.2) is 0 Å². The first-order valence-corrected chi connectivity index (χ1v) is 8.62. The lowest BCUT2D eigenvalue weighted by molar-refractivity contribution is -0.152. The van der Waals surface area contributed by atoms with Crippen LogP contribution < -0.4 is 5.32 Å². The molecule has 4 heteroatoms. The van der Waals surface area contributed by atoms with E-state index in [0.29, 0.717) is 5.92 Å². The van der Waals surface area contributed by atoms with Crippen LogP contribution in [0, 0.1) is 23.7 Å². The number of hydrogen-bond acceptors (Lipinski definition) is 2.